The average Bonchev–Trinajstić information content (AvgIpc) is 2.77. The first-order valence-corrected chi connectivity index (χ1v) is 11.6. The van der Waals surface area contributed by atoms with Crippen LogP contribution in [0.4, 0.5) is 8.78 Å². The van der Waals surface area contributed by atoms with Gasteiger partial charge in [0.25, 0.3) is 0 Å². The number of hydrogen-bond donors (Lipinski definition) is 0. The highest BCUT2D eigenvalue weighted by Gasteiger charge is 2.31. The van der Waals surface area contributed by atoms with E-state index in [-0.39, 0.29) is 0 Å². The van der Waals surface area contributed by atoms with Gasteiger partial charge in [0, 0.05) is 5.39 Å². The zero-order chi connectivity index (χ0) is 20.4. The van der Waals surface area contributed by atoms with Crippen molar-refractivity contribution in [2.24, 2.45) is 17.8 Å². The lowest BCUT2D eigenvalue weighted by atomic mass is 9.68. The molecule has 0 spiro atoms. The maximum atomic E-state index is 14.6. The molecule has 156 valence electrons. The molecule has 0 amide bonds. The molecule has 0 N–H and O–H groups in total. The number of hydrogen-bond acceptors (Lipinski definition) is 0. The lowest BCUT2D eigenvalue weighted by Crippen LogP contribution is -2.25. The van der Waals surface area contributed by atoms with Crippen molar-refractivity contribution in [3.63, 3.8) is 0 Å². The molecular formula is C27H34F2. The third kappa shape index (κ3) is 4.27. The Morgan fingerprint density at radius 1 is 0.862 bits per heavy atom. The maximum absolute atomic E-state index is 14.6. The summed E-state index contributed by atoms with van der Waals surface area (Å²) in [6, 6.07) is 7.85. The second-order valence-electron chi connectivity index (χ2n) is 9.31. The zero-order valence-electron chi connectivity index (χ0n) is 17.9. The number of fused-ring (bicyclic) bond motifs is 1. The smallest absolute Gasteiger partial charge is 0.166 e. The van der Waals surface area contributed by atoms with E-state index in [0.717, 1.165) is 23.1 Å². The quantitative estimate of drug-likeness (QED) is 0.456. The highest BCUT2D eigenvalue weighted by molar-refractivity contribution is 5.84. The van der Waals surface area contributed by atoms with Gasteiger partial charge in [-0.3, -0.25) is 0 Å². The van der Waals surface area contributed by atoms with Crippen molar-refractivity contribution in [2.75, 3.05) is 0 Å². The summed E-state index contributed by atoms with van der Waals surface area (Å²) in [5.74, 6) is 1.70. The monoisotopic (exact) mass is 396 g/mol. The molecule has 29 heavy (non-hydrogen) atoms. The molecule has 0 unspecified atom stereocenters. The Kier molecular flexibility index (Phi) is 6.37. The summed E-state index contributed by atoms with van der Waals surface area (Å²) >= 11 is 0. The van der Waals surface area contributed by atoms with Crippen LogP contribution < -0.4 is 0 Å². The summed E-state index contributed by atoms with van der Waals surface area (Å²) in [5, 5.41) is 1.26. The summed E-state index contributed by atoms with van der Waals surface area (Å²) in [7, 11) is 0. The fourth-order valence-electron chi connectivity index (χ4n) is 5.92. The van der Waals surface area contributed by atoms with Crippen molar-refractivity contribution in [2.45, 2.75) is 77.6 Å². The van der Waals surface area contributed by atoms with Gasteiger partial charge in [-0.2, -0.15) is 0 Å². The Bertz CT molecular complexity index is 866. The Labute approximate surface area is 174 Å². The second kappa shape index (κ2) is 8.98. The predicted octanol–water partition coefficient (Wildman–Crippen LogP) is 8.34. The number of halogens is 2. The molecule has 0 heterocycles. The summed E-state index contributed by atoms with van der Waals surface area (Å²) in [5.41, 5.74) is 1.66. The molecular weight excluding hydrogens is 362 g/mol. The van der Waals surface area contributed by atoms with Gasteiger partial charge < -0.3 is 0 Å². The SMILES string of the molecule is C/C=C/C1CCC(C2CCC(c3ccc4cc(CC)c(F)c(F)c4c3)CC2)CC1. The van der Waals surface area contributed by atoms with Crippen molar-refractivity contribution in [3.05, 3.63) is 59.2 Å². The number of rotatable bonds is 4. The summed E-state index contributed by atoms with van der Waals surface area (Å²) in [6.07, 6.45) is 15.5. The molecule has 2 heteroatoms. The fourth-order valence-corrected chi connectivity index (χ4v) is 5.92. The minimum atomic E-state index is -0.673. The van der Waals surface area contributed by atoms with Crippen molar-refractivity contribution >= 4 is 10.8 Å². The van der Waals surface area contributed by atoms with Crippen LogP contribution in [0.15, 0.2) is 36.4 Å². The van der Waals surface area contributed by atoms with Crippen LogP contribution in [0.3, 0.4) is 0 Å². The van der Waals surface area contributed by atoms with E-state index >= 15 is 0 Å². The van der Waals surface area contributed by atoms with Crippen molar-refractivity contribution in [3.8, 4) is 0 Å². The molecule has 2 saturated carbocycles. The van der Waals surface area contributed by atoms with Gasteiger partial charge in [-0.05, 0) is 117 Å². The van der Waals surface area contributed by atoms with Gasteiger partial charge >= 0.3 is 0 Å². The molecule has 2 aliphatic rings. The van der Waals surface area contributed by atoms with Crippen LogP contribution in [-0.2, 0) is 6.42 Å². The molecule has 0 bridgehead atoms. The first-order chi connectivity index (χ1) is 14.1. The van der Waals surface area contributed by atoms with E-state index in [1.54, 1.807) is 6.07 Å². The molecule has 2 aliphatic carbocycles. The van der Waals surface area contributed by atoms with Crippen molar-refractivity contribution < 1.29 is 8.78 Å². The Hall–Kier alpha value is -1.70. The van der Waals surface area contributed by atoms with Crippen LogP contribution in [0.1, 0.15) is 82.3 Å². The summed E-state index contributed by atoms with van der Waals surface area (Å²) < 4.78 is 28.9. The molecule has 0 atom stereocenters. The van der Waals surface area contributed by atoms with Crippen LogP contribution in [0.2, 0.25) is 0 Å². The van der Waals surface area contributed by atoms with Crippen LogP contribution in [0, 0.1) is 29.4 Å². The molecule has 2 aromatic rings. The average molecular weight is 397 g/mol. The normalized spacial score (nSPS) is 28.3. The molecule has 2 fully saturated rings. The minimum absolute atomic E-state index is 0.446. The zero-order valence-corrected chi connectivity index (χ0v) is 17.9. The maximum Gasteiger partial charge on any atom is 0.166 e. The number of allylic oxidation sites excluding steroid dienone is 2. The molecule has 2 aromatic carbocycles. The van der Waals surface area contributed by atoms with Gasteiger partial charge in [-0.15, -0.1) is 0 Å². The van der Waals surface area contributed by atoms with Gasteiger partial charge in [0.05, 0.1) is 0 Å². The number of aryl methyl sites for hydroxylation is 1. The van der Waals surface area contributed by atoms with E-state index in [2.05, 4.69) is 25.1 Å². The van der Waals surface area contributed by atoms with Gasteiger partial charge in [-0.1, -0.05) is 31.2 Å². The molecule has 0 saturated heterocycles. The fraction of sp³-hybridized carbons (Fsp3) is 0.556. The molecule has 4 rings (SSSR count). The Morgan fingerprint density at radius 3 is 2.14 bits per heavy atom. The Morgan fingerprint density at radius 2 is 1.52 bits per heavy atom. The van der Waals surface area contributed by atoms with E-state index < -0.39 is 11.6 Å². The lowest BCUT2D eigenvalue weighted by Gasteiger charge is -2.37. The van der Waals surface area contributed by atoms with Crippen LogP contribution in [-0.4, -0.2) is 0 Å². The van der Waals surface area contributed by atoms with Gasteiger partial charge in [0.15, 0.2) is 11.6 Å². The third-order valence-corrected chi connectivity index (χ3v) is 7.69. The summed E-state index contributed by atoms with van der Waals surface area (Å²) in [4.78, 5) is 0. The van der Waals surface area contributed by atoms with E-state index in [9.17, 15) is 8.78 Å². The molecule has 0 aromatic heterocycles. The van der Waals surface area contributed by atoms with E-state index in [1.807, 2.05) is 19.1 Å². The molecule has 0 aliphatic heterocycles. The largest absolute Gasteiger partial charge is 0.203 e. The van der Waals surface area contributed by atoms with Crippen molar-refractivity contribution in [1.82, 2.24) is 0 Å². The first-order valence-electron chi connectivity index (χ1n) is 11.6. The van der Waals surface area contributed by atoms with Crippen LogP contribution in [0.5, 0.6) is 0 Å². The highest BCUT2D eigenvalue weighted by Crippen LogP contribution is 2.44. The highest BCUT2D eigenvalue weighted by atomic mass is 19.2. The third-order valence-electron chi connectivity index (χ3n) is 7.69. The predicted molar refractivity (Wildman–Crippen MR) is 118 cm³/mol. The van der Waals surface area contributed by atoms with Gasteiger partial charge in [0.1, 0.15) is 0 Å². The van der Waals surface area contributed by atoms with E-state index in [1.165, 1.54) is 56.9 Å². The van der Waals surface area contributed by atoms with E-state index in [4.69, 9.17) is 0 Å². The standard InChI is InChI=1S/C27H34F2/c1-3-5-18-6-8-20(9-7-18)21-10-12-22(13-11-21)23-14-15-24-16-19(4-2)26(28)27(29)25(24)17-23/h3,5,14-18,20-22H,4,6-13H2,1-2H3/b5-3+. The van der Waals surface area contributed by atoms with Gasteiger partial charge in [-0.25, -0.2) is 8.78 Å². The topological polar surface area (TPSA) is 0 Å². The summed E-state index contributed by atoms with van der Waals surface area (Å²) in [6.45, 7) is 3.99. The minimum Gasteiger partial charge on any atom is -0.203 e. The second-order valence-corrected chi connectivity index (χ2v) is 9.31. The molecule has 0 nitrogen and oxygen atoms in total. The molecule has 0 radical (unpaired) electrons. The van der Waals surface area contributed by atoms with Crippen LogP contribution in [0.25, 0.3) is 10.8 Å². The Balaban J connectivity index is 1.42. The van der Waals surface area contributed by atoms with Crippen molar-refractivity contribution in [1.29, 1.82) is 0 Å². The van der Waals surface area contributed by atoms with E-state index in [0.29, 0.717) is 23.3 Å². The van der Waals surface area contributed by atoms with Gasteiger partial charge in [0.2, 0.25) is 0 Å². The van der Waals surface area contributed by atoms with Crippen LogP contribution >= 0.6 is 0 Å². The lowest BCUT2D eigenvalue weighted by molar-refractivity contribution is 0.171. The first kappa shape index (κ1) is 20.6. The number of benzene rings is 2.